The largest absolute Gasteiger partial charge is 0.352 e. The van der Waals surface area contributed by atoms with Gasteiger partial charge in [-0.1, -0.05) is 64.0 Å². The van der Waals surface area contributed by atoms with E-state index < -0.39 is 11.8 Å². The van der Waals surface area contributed by atoms with Gasteiger partial charge in [-0.15, -0.1) is 0 Å². The molecular weight excluding hydrogens is 464 g/mol. The van der Waals surface area contributed by atoms with E-state index in [9.17, 15) is 13.6 Å². The summed E-state index contributed by atoms with van der Waals surface area (Å²) in [5.41, 5.74) is 3.18. The van der Waals surface area contributed by atoms with Gasteiger partial charge in [-0.25, -0.2) is 4.68 Å². The summed E-state index contributed by atoms with van der Waals surface area (Å²) in [5.74, 6) is -4.88. The maximum absolute atomic E-state index is 14.8. The van der Waals surface area contributed by atoms with E-state index in [-0.39, 0.29) is 11.3 Å². The number of carbonyl (C=O) groups excluding carboxylic acids is 1. The van der Waals surface area contributed by atoms with Crippen LogP contribution in [0.1, 0.15) is 11.1 Å². The van der Waals surface area contributed by atoms with Gasteiger partial charge in [0.15, 0.2) is 0 Å². The van der Waals surface area contributed by atoms with Crippen molar-refractivity contribution >= 4 is 33.2 Å². The van der Waals surface area contributed by atoms with Crippen molar-refractivity contribution < 1.29 is 13.6 Å². The lowest BCUT2D eigenvalue weighted by Crippen LogP contribution is -2.31. The molecule has 0 unspecified atom stereocenters. The van der Waals surface area contributed by atoms with E-state index in [4.69, 9.17) is 0 Å². The number of nitrogens with zero attached hydrogens (tertiary/aromatic N) is 3. The van der Waals surface area contributed by atoms with Crippen molar-refractivity contribution in [1.29, 1.82) is 0 Å². The number of para-hydroxylation sites is 1. The average Bonchev–Trinajstić information content (AvgIpc) is 3.27. The number of anilines is 2. The van der Waals surface area contributed by atoms with Crippen LogP contribution in [0.2, 0.25) is 0 Å². The van der Waals surface area contributed by atoms with Crippen molar-refractivity contribution in [3.8, 4) is 16.9 Å². The molecule has 0 bridgehead atoms. The minimum atomic E-state index is -3.60. The molecule has 0 saturated carbocycles. The molecule has 0 fully saturated rings. The maximum Gasteiger partial charge on any atom is 0.352 e. The Morgan fingerprint density at radius 2 is 1.58 bits per heavy atom. The summed E-state index contributed by atoms with van der Waals surface area (Å²) < 4.78 is 32.1. The summed E-state index contributed by atoms with van der Waals surface area (Å²) in [7, 11) is 0. The van der Waals surface area contributed by atoms with Gasteiger partial charge in [-0.3, -0.25) is 9.69 Å². The first-order valence-electron chi connectivity index (χ1n) is 9.61. The molecule has 7 heteroatoms. The molecule has 3 aromatic carbocycles. The van der Waals surface area contributed by atoms with Gasteiger partial charge in [0.25, 0.3) is 0 Å². The normalized spacial score (nSPS) is 14.7. The molecule has 0 spiro atoms. The number of halogens is 3. The summed E-state index contributed by atoms with van der Waals surface area (Å²) in [4.78, 5) is 13.9. The van der Waals surface area contributed by atoms with E-state index in [2.05, 4.69) is 21.0 Å². The number of alkyl halides is 2. The van der Waals surface area contributed by atoms with Crippen LogP contribution in [0.25, 0.3) is 16.9 Å². The first kappa shape index (κ1) is 19.6. The molecule has 0 atom stereocenters. The van der Waals surface area contributed by atoms with Crippen LogP contribution >= 0.6 is 15.9 Å². The second-order valence-electron chi connectivity index (χ2n) is 7.38. The third kappa shape index (κ3) is 3.16. The molecule has 2 heterocycles. The smallest absolute Gasteiger partial charge is 0.271 e. The predicted octanol–water partition coefficient (Wildman–Crippen LogP) is 6.38. The van der Waals surface area contributed by atoms with E-state index in [1.807, 2.05) is 55.5 Å². The molecule has 154 valence electrons. The Hall–Kier alpha value is -3.32. The Balaban J connectivity index is 1.73. The second kappa shape index (κ2) is 7.13. The summed E-state index contributed by atoms with van der Waals surface area (Å²) in [5, 5.41) is 4.67. The van der Waals surface area contributed by atoms with Gasteiger partial charge in [-0.2, -0.15) is 13.9 Å². The Bertz CT molecular complexity index is 1300. The summed E-state index contributed by atoms with van der Waals surface area (Å²) in [6.07, 6.45) is 1.62. The zero-order chi connectivity index (χ0) is 21.8. The Labute approximate surface area is 185 Å². The van der Waals surface area contributed by atoms with Crippen LogP contribution in [-0.4, -0.2) is 15.7 Å². The lowest BCUT2D eigenvalue weighted by Gasteiger charge is -2.17. The van der Waals surface area contributed by atoms with Gasteiger partial charge >= 0.3 is 11.8 Å². The van der Waals surface area contributed by atoms with E-state index in [1.165, 1.54) is 18.2 Å². The molecule has 1 amide bonds. The summed E-state index contributed by atoms with van der Waals surface area (Å²) in [6, 6.07) is 21.0. The molecule has 1 aliphatic heterocycles. The van der Waals surface area contributed by atoms with Crippen molar-refractivity contribution in [2.24, 2.45) is 0 Å². The van der Waals surface area contributed by atoms with Crippen LogP contribution in [0.3, 0.4) is 0 Å². The van der Waals surface area contributed by atoms with E-state index >= 15 is 0 Å². The third-order valence-corrected chi connectivity index (χ3v) is 5.84. The van der Waals surface area contributed by atoms with Crippen molar-refractivity contribution in [2.75, 3.05) is 4.90 Å². The molecule has 0 N–H and O–H groups in total. The molecule has 0 aliphatic carbocycles. The van der Waals surface area contributed by atoms with Gasteiger partial charge in [0, 0.05) is 10.0 Å². The topological polar surface area (TPSA) is 38.1 Å². The zero-order valence-corrected chi connectivity index (χ0v) is 18.0. The molecule has 0 saturated heterocycles. The Kier molecular flexibility index (Phi) is 4.51. The van der Waals surface area contributed by atoms with Crippen molar-refractivity contribution in [1.82, 2.24) is 9.78 Å². The highest BCUT2D eigenvalue weighted by atomic mass is 79.9. The first-order chi connectivity index (χ1) is 14.9. The molecule has 4 aromatic rings. The van der Waals surface area contributed by atoms with Crippen molar-refractivity contribution in [3.63, 3.8) is 0 Å². The fourth-order valence-corrected chi connectivity index (χ4v) is 3.97. The van der Waals surface area contributed by atoms with Crippen molar-refractivity contribution in [2.45, 2.75) is 12.8 Å². The summed E-state index contributed by atoms with van der Waals surface area (Å²) in [6.45, 7) is 1.98. The maximum atomic E-state index is 14.8. The second-order valence-corrected chi connectivity index (χ2v) is 8.30. The molecule has 0 radical (unpaired) electrons. The lowest BCUT2D eigenvalue weighted by molar-refractivity contribution is -0.140. The van der Waals surface area contributed by atoms with Gasteiger partial charge in [0.2, 0.25) is 0 Å². The standard InChI is InChI=1S/C24H16BrF2N3O/c1-15-6-12-18(13-7-15)29-14-21(22(28-29)16-8-10-17(25)11-9-16)30-20-5-3-2-4-19(20)24(26,27)23(30)31/h2-14H,1H3. The fraction of sp³-hybridized carbons (Fsp3) is 0.0833. The quantitative estimate of drug-likeness (QED) is 0.341. The molecule has 1 aliphatic rings. The predicted molar refractivity (Wildman–Crippen MR) is 119 cm³/mol. The van der Waals surface area contributed by atoms with Crippen LogP contribution in [0.15, 0.2) is 83.5 Å². The van der Waals surface area contributed by atoms with Gasteiger partial charge in [0.05, 0.1) is 28.8 Å². The third-order valence-electron chi connectivity index (χ3n) is 5.31. The molecule has 4 nitrogen and oxygen atoms in total. The van der Waals surface area contributed by atoms with Gasteiger partial charge < -0.3 is 0 Å². The van der Waals surface area contributed by atoms with Crippen LogP contribution in [0, 0.1) is 6.92 Å². The molecular formula is C24H16BrF2N3O. The number of aromatic nitrogens is 2. The Morgan fingerprint density at radius 3 is 2.29 bits per heavy atom. The SMILES string of the molecule is Cc1ccc(-n2cc(N3C(=O)C(F)(F)c4ccccc43)c(-c3ccc(Br)cc3)n2)cc1. The van der Waals surface area contributed by atoms with Crippen molar-refractivity contribution in [3.05, 3.63) is 94.6 Å². The minimum Gasteiger partial charge on any atom is -0.271 e. The van der Waals surface area contributed by atoms with Gasteiger partial charge in [-0.05, 0) is 37.3 Å². The highest BCUT2D eigenvalue weighted by Crippen LogP contribution is 2.49. The van der Waals surface area contributed by atoms with E-state index in [0.29, 0.717) is 16.9 Å². The van der Waals surface area contributed by atoms with Crippen LogP contribution in [0.5, 0.6) is 0 Å². The van der Waals surface area contributed by atoms with Gasteiger partial charge in [0.1, 0.15) is 5.69 Å². The summed E-state index contributed by atoms with van der Waals surface area (Å²) >= 11 is 3.41. The number of fused-ring (bicyclic) bond motifs is 1. The lowest BCUT2D eigenvalue weighted by atomic mass is 10.1. The number of aryl methyl sites for hydroxylation is 1. The highest BCUT2D eigenvalue weighted by molar-refractivity contribution is 9.10. The number of benzene rings is 3. The van der Waals surface area contributed by atoms with Crippen LogP contribution in [-0.2, 0) is 10.7 Å². The van der Waals surface area contributed by atoms with Crippen LogP contribution < -0.4 is 4.90 Å². The number of hydrogen-bond acceptors (Lipinski definition) is 2. The fourth-order valence-electron chi connectivity index (χ4n) is 3.71. The van der Waals surface area contributed by atoms with E-state index in [0.717, 1.165) is 20.6 Å². The minimum absolute atomic E-state index is 0.166. The number of amides is 1. The highest BCUT2D eigenvalue weighted by Gasteiger charge is 2.54. The molecule has 5 rings (SSSR count). The average molecular weight is 480 g/mol. The van der Waals surface area contributed by atoms with E-state index in [1.54, 1.807) is 16.9 Å². The number of hydrogen-bond donors (Lipinski definition) is 0. The number of rotatable bonds is 3. The number of carbonyl (C=O) groups is 1. The monoisotopic (exact) mass is 479 g/mol. The first-order valence-corrected chi connectivity index (χ1v) is 10.4. The zero-order valence-electron chi connectivity index (χ0n) is 16.4. The molecule has 31 heavy (non-hydrogen) atoms. The Morgan fingerprint density at radius 1 is 0.903 bits per heavy atom. The molecule has 1 aromatic heterocycles. The van der Waals surface area contributed by atoms with Crippen LogP contribution in [0.4, 0.5) is 20.2 Å².